The van der Waals surface area contributed by atoms with Crippen LogP contribution in [-0.4, -0.2) is 17.9 Å². The number of benzene rings is 1. The molecular weight excluding hydrogens is 258 g/mol. The van der Waals surface area contributed by atoms with Gasteiger partial charge in [-0.2, -0.15) is 0 Å². The zero-order valence-electron chi connectivity index (χ0n) is 14.7. The predicted octanol–water partition coefficient (Wildman–Crippen LogP) is 5.21. The van der Waals surface area contributed by atoms with E-state index in [-0.39, 0.29) is 10.8 Å². The summed E-state index contributed by atoms with van der Waals surface area (Å²) in [7, 11) is 0. The molecule has 0 heterocycles. The van der Waals surface area contributed by atoms with Gasteiger partial charge < -0.3 is 5.11 Å². The molecule has 0 radical (unpaired) electrons. The van der Waals surface area contributed by atoms with Crippen LogP contribution in [0.4, 0.5) is 0 Å². The molecule has 1 aromatic carbocycles. The average molecular weight is 289 g/mol. The van der Waals surface area contributed by atoms with Crippen molar-refractivity contribution in [2.45, 2.75) is 72.1 Å². The Morgan fingerprint density at radius 2 is 1.67 bits per heavy atom. The Bertz CT molecular complexity index is 502. The second kappa shape index (κ2) is 6.64. The molecule has 2 nitrogen and oxygen atoms in total. The summed E-state index contributed by atoms with van der Waals surface area (Å²) in [5.41, 5.74) is 3.04. The summed E-state index contributed by atoms with van der Waals surface area (Å²) in [6.07, 6.45) is 4.05. The summed E-state index contributed by atoms with van der Waals surface area (Å²) in [4.78, 5) is 4.45. The summed E-state index contributed by atoms with van der Waals surface area (Å²) in [5, 5.41) is 10.6. The van der Waals surface area contributed by atoms with Crippen LogP contribution in [0.2, 0.25) is 0 Å². The Kier molecular flexibility index (Phi) is 5.61. The molecule has 21 heavy (non-hydrogen) atoms. The van der Waals surface area contributed by atoms with Crippen molar-refractivity contribution in [3.8, 4) is 5.75 Å². The van der Waals surface area contributed by atoms with Gasteiger partial charge in [-0.15, -0.1) is 0 Å². The van der Waals surface area contributed by atoms with Crippen LogP contribution in [0, 0.1) is 0 Å². The number of phenols is 1. The first-order valence-corrected chi connectivity index (χ1v) is 7.95. The van der Waals surface area contributed by atoms with Gasteiger partial charge in [-0.3, -0.25) is 4.99 Å². The lowest BCUT2D eigenvalue weighted by Gasteiger charge is -2.27. The third-order valence-electron chi connectivity index (χ3n) is 3.68. The summed E-state index contributed by atoms with van der Waals surface area (Å²) in [6, 6.07) is 4.21. The standard InChI is InChI=1S/C19H31NO/c1-8-9-10-20-13-14-11-15(18(2,3)4)12-16(17(14)21)19(5,6)7/h11-13,21H,8-10H2,1-7H3. The van der Waals surface area contributed by atoms with Crippen molar-refractivity contribution in [3.05, 3.63) is 28.8 Å². The van der Waals surface area contributed by atoms with E-state index in [4.69, 9.17) is 0 Å². The van der Waals surface area contributed by atoms with Crippen LogP contribution in [0.5, 0.6) is 5.75 Å². The van der Waals surface area contributed by atoms with E-state index in [9.17, 15) is 5.11 Å². The maximum absolute atomic E-state index is 10.6. The Hall–Kier alpha value is -1.31. The largest absolute Gasteiger partial charge is 0.507 e. The van der Waals surface area contributed by atoms with Gasteiger partial charge in [-0.25, -0.2) is 0 Å². The Balaban J connectivity index is 3.32. The van der Waals surface area contributed by atoms with Crippen LogP contribution in [0.15, 0.2) is 17.1 Å². The van der Waals surface area contributed by atoms with Crippen LogP contribution >= 0.6 is 0 Å². The van der Waals surface area contributed by atoms with Crippen molar-refractivity contribution in [2.24, 2.45) is 4.99 Å². The highest BCUT2D eigenvalue weighted by atomic mass is 16.3. The zero-order valence-corrected chi connectivity index (χ0v) is 14.7. The van der Waals surface area contributed by atoms with Crippen LogP contribution in [0.25, 0.3) is 0 Å². The van der Waals surface area contributed by atoms with Crippen molar-refractivity contribution in [2.75, 3.05) is 6.54 Å². The first-order chi connectivity index (χ1) is 9.57. The van der Waals surface area contributed by atoms with E-state index in [1.165, 1.54) is 5.56 Å². The van der Waals surface area contributed by atoms with Crippen LogP contribution in [0.1, 0.15) is 78.0 Å². The molecule has 0 aromatic heterocycles. The second-order valence-corrected chi connectivity index (χ2v) is 7.85. The molecule has 0 spiro atoms. The molecule has 0 unspecified atom stereocenters. The van der Waals surface area contributed by atoms with Crippen LogP contribution in [-0.2, 0) is 10.8 Å². The highest BCUT2D eigenvalue weighted by Crippen LogP contribution is 2.37. The highest BCUT2D eigenvalue weighted by molar-refractivity contribution is 5.85. The van der Waals surface area contributed by atoms with Crippen LogP contribution in [0.3, 0.4) is 0 Å². The molecule has 1 N–H and O–H groups in total. The van der Waals surface area contributed by atoms with Gasteiger partial charge in [0.2, 0.25) is 0 Å². The fourth-order valence-electron chi connectivity index (χ4n) is 2.17. The van der Waals surface area contributed by atoms with Gasteiger partial charge in [0.25, 0.3) is 0 Å². The normalized spacial score (nSPS) is 13.1. The molecule has 0 aliphatic heterocycles. The van der Waals surface area contributed by atoms with E-state index in [2.05, 4.69) is 65.6 Å². The van der Waals surface area contributed by atoms with E-state index in [1.807, 2.05) is 6.21 Å². The number of phenolic OH excluding ortho intramolecular Hbond substituents is 1. The van der Waals surface area contributed by atoms with E-state index in [1.54, 1.807) is 0 Å². The summed E-state index contributed by atoms with van der Waals surface area (Å²) < 4.78 is 0. The van der Waals surface area contributed by atoms with Gasteiger partial charge in [-0.1, -0.05) is 61.0 Å². The lowest BCUT2D eigenvalue weighted by molar-refractivity contribution is 0.444. The molecule has 0 bridgehead atoms. The maximum Gasteiger partial charge on any atom is 0.128 e. The van der Waals surface area contributed by atoms with Crippen molar-refractivity contribution in [1.82, 2.24) is 0 Å². The molecule has 2 heteroatoms. The molecule has 0 saturated carbocycles. The number of unbranched alkanes of at least 4 members (excludes halogenated alkanes) is 1. The Morgan fingerprint density at radius 1 is 1.05 bits per heavy atom. The van der Waals surface area contributed by atoms with Crippen molar-refractivity contribution in [1.29, 1.82) is 0 Å². The molecule has 0 aliphatic rings. The Labute approximate surface area is 130 Å². The number of aromatic hydroxyl groups is 1. The quantitative estimate of drug-likeness (QED) is 0.599. The molecule has 0 amide bonds. The predicted molar refractivity (Wildman–Crippen MR) is 92.9 cm³/mol. The first-order valence-electron chi connectivity index (χ1n) is 7.95. The SMILES string of the molecule is CCCCN=Cc1cc(C(C)(C)C)cc(C(C)(C)C)c1O. The summed E-state index contributed by atoms with van der Waals surface area (Å²) in [5.74, 6) is 0.371. The van der Waals surface area contributed by atoms with E-state index in [0.717, 1.165) is 30.5 Å². The van der Waals surface area contributed by atoms with Crippen LogP contribution < -0.4 is 0 Å². The molecule has 0 atom stereocenters. The van der Waals surface area contributed by atoms with E-state index in [0.29, 0.717) is 5.75 Å². The number of hydrogen-bond donors (Lipinski definition) is 1. The molecule has 0 aliphatic carbocycles. The van der Waals surface area contributed by atoms with E-state index >= 15 is 0 Å². The van der Waals surface area contributed by atoms with Crippen molar-refractivity contribution in [3.63, 3.8) is 0 Å². The smallest absolute Gasteiger partial charge is 0.128 e. The zero-order chi connectivity index (χ0) is 16.3. The monoisotopic (exact) mass is 289 g/mol. The lowest BCUT2D eigenvalue weighted by atomic mass is 9.79. The molecule has 118 valence electrons. The first kappa shape index (κ1) is 17.7. The molecule has 0 saturated heterocycles. The lowest BCUT2D eigenvalue weighted by Crippen LogP contribution is -2.17. The van der Waals surface area contributed by atoms with Crippen molar-refractivity contribution >= 4 is 6.21 Å². The second-order valence-electron chi connectivity index (χ2n) is 7.85. The van der Waals surface area contributed by atoms with Gasteiger partial charge in [0, 0.05) is 23.9 Å². The molecular formula is C19H31NO. The minimum Gasteiger partial charge on any atom is -0.507 e. The molecule has 0 fully saturated rings. The third kappa shape index (κ3) is 4.87. The topological polar surface area (TPSA) is 32.6 Å². The summed E-state index contributed by atoms with van der Waals surface area (Å²) in [6.45, 7) is 16.0. The number of nitrogens with zero attached hydrogens (tertiary/aromatic N) is 1. The average Bonchev–Trinajstić information content (AvgIpc) is 2.33. The van der Waals surface area contributed by atoms with E-state index < -0.39 is 0 Å². The molecule has 1 rings (SSSR count). The number of hydrogen-bond acceptors (Lipinski definition) is 2. The van der Waals surface area contributed by atoms with Gasteiger partial charge in [0.1, 0.15) is 5.75 Å². The van der Waals surface area contributed by atoms with Gasteiger partial charge >= 0.3 is 0 Å². The third-order valence-corrected chi connectivity index (χ3v) is 3.68. The Morgan fingerprint density at radius 3 is 2.14 bits per heavy atom. The van der Waals surface area contributed by atoms with Crippen molar-refractivity contribution < 1.29 is 5.11 Å². The summed E-state index contributed by atoms with van der Waals surface area (Å²) >= 11 is 0. The van der Waals surface area contributed by atoms with Gasteiger partial charge in [0.15, 0.2) is 0 Å². The van der Waals surface area contributed by atoms with Gasteiger partial charge in [0.05, 0.1) is 0 Å². The van der Waals surface area contributed by atoms with Gasteiger partial charge in [-0.05, 0) is 28.9 Å². The number of rotatable bonds is 4. The minimum atomic E-state index is -0.0860. The fraction of sp³-hybridized carbons (Fsp3) is 0.632. The fourth-order valence-corrected chi connectivity index (χ4v) is 2.17. The minimum absolute atomic E-state index is 0.0553. The maximum atomic E-state index is 10.6. The molecule has 1 aromatic rings. The number of aliphatic imine (C=N–C) groups is 1. The highest BCUT2D eigenvalue weighted by Gasteiger charge is 2.24.